The Hall–Kier alpha value is -1.73. The van der Waals surface area contributed by atoms with E-state index in [1.54, 1.807) is 31.0 Å². The lowest BCUT2D eigenvalue weighted by atomic mass is 10.3. The lowest BCUT2D eigenvalue weighted by Gasteiger charge is -2.12. The molecule has 0 aromatic carbocycles. The summed E-state index contributed by atoms with van der Waals surface area (Å²) in [7, 11) is 0. The zero-order chi connectivity index (χ0) is 16.2. The number of carbonyl (C=O) groups excluding carboxylic acids is 2. The summed E-state index contributed by atoms with van der Waals surface area (Å²) >= 11 is 2.79. The second-order valence-electron chi connectivity index (χ2n) is 5.05. The molecule has 0 bridgehead atoms. The maximum absolute atomic E-state index is 11.9. The molecule has 5 nitrogen and oxygen atoms in total. The highest BCUT2D eigenvalue weighted by Gasteiger charge is 2.33. The fourth-order valence-corrected chi connectivity index (χ4v) is 4.19. The van der Waals surface area contributed by atoms with Crippen molar-refractivity contribution >= 4 is 40.3 Å². The van der Waals surface area contributed by atoms with Gasteiger partial charge in [-0.15, -0.1) is 11.8 Å². The maximum Gasteiger partial charge on any atom is 0.293 e. The summed E-state index contributed by atoms with van der Waals surface area (Å²) in [6.45, 7) is 2.28. The minimum absolute atomic E-state index is 0.154. The van der Waals surface area contributed by atoms with Crippen LogP contribution in [0.15, 0.2) is 46.6 Å². The molecule has 0 aliphatic carbocycles. The third-order valence-electron chi connectivity index (χ3n) is 3.55. The molecule has 0 spiro atoms. The second kappa shape index (κ2) is 7.23. The Balaban J connectivity index is 1.47. The van der Waals surface area contributed by atoms with Gasteiger partial charge in [-0.05, 0) is 49.4 Å². The van der Waals surface area contributed by atoms with Crippen LogP contribution in [-0.2, 0) is 4.79 Å². The molecule has 1 saturated heterocycles. The maximum atomic E-state index is 11.9. The summed E-state index contributed by atoms with van der Waals surface area (Å²) in [5, 5.41) is 0.999. The highest BCUT2D eigenvalue weighted by atomic mass is 32.2. The first-order valence-corrected chi connectivity index (χ1v) is 9.26. The third kappa shape index (κ3) is 3.45. The summed E-state index contributed by atoms with van der Waals surface area (Å²) in [6, 6.07) is 6.05. The van der Waals surface area contributed by atoms with Crippen LogP contribution in [0, 0.1) is 0 Å². The first kappa shape index (κ1) is 16.1. The minimum atomic E-state index is -0.154. The molecule has 1 aliphatic heterocycles. The van der Waals surface area contributed by atoms with Gasteiger partial charge < -0.3 is 0 Å². The number of imide groups is 1. The Morgan fingerprint density at radius 3 is 2.96 bits per heavy atom. The molecular weight excluding hydrogens is 330 g/mol. The molecule has 0 saturated carbocycles. The number of carbonyl (C=O) groups is 2. The second-order valence-corrected chi connectivity index (χ2v) is 7.16. The summed E-state index contributed by atoms with van der Waals surface area (Å²) in [5.74, 6) is 0.787. The van der Waals surface area contributed by atoms with Gasteiger partial charge in [-0.1, -0.05) is 12.1 Å². The summed E-state index contributed by atoms with van der Waals surface area (Å²) in [6.07, 6.45) is 7.21. The number of fused-ring (bicyclic) bond motifs is 1. The van der Waals surface area contributed by atoms with Crippen molar-refractivity contribution < 1.29 is 9.59 Å². The zero-order valence-corrected chi connectivity index (χ0v) is 14.4. The van der Waals surface area contributed by atoms with E-state index in [1.165, 1.54) is 4.90 Å². The number of hydrogen-bond acceptors (Lipinski definition) is 5. The molecule has 2 aromatic heterocycles. The predicted octanol–water partition coefficient (Wildman–Crippen LogP) is 3.81. The molecule has 0 radical (unpaired) electrons. The molecule has 7 heteroatoms. The number of aromatic nitrogens is 2. The van der Waals surface area contributed by atoms with Crippen LogP contribution >= 0.6 is 23.5 Å². The molecule has 3 heterocycles. The number of thioether (sulfide) groups is 2. The average Bonchev–Trinajstić information content (AvgIpc) is 3.13. The van der Waals surface area contributed by atoms with Crippen molar-refractivity contribution in [3.8, 4) is 0 Å². The van der Waals surface area contributed by atoms with E-state index in [0.717, 1.165) is 41.0 Å². The quantitative estimate of drug-likeness (QED) is 0.452. The molecular formula is C16H17N3O2S2. The zero-order valence-electron chi connectivity index (χ0n) is 12.8. The van der Waals surface area contributed by atoms with Crippen LogP contribution in [-0.4, -0.2) is 37.7 Å². The molecule has 0 unspecified atom stereocenters. The van der Waals surface area contributed by atoms with E-state index < -0.39 is 0 Å². The fraction of sp³-hybridized carbons (Fsp3) is 0.312. The summed E-state index contributed by atoms with van der Waals surface area (Å²) < 4.78 is 2.06. The van der Waals surface area contributed by atoms with Crippen molar-refractivity contribution in [2.75, 3.05) is 12.3 Å². The first-order valence-electron chi connectivity index (χ1n) is 7.45. The van der Waals surface area contributed by atoms with Crippen molar-refractivity contribution in [3.63, 3.8) is 0 Å². The molecule has 0 N–H and O–H groups in total. The predicted molar refractivity (Wildman–Crippen MR) is 93.6 cm³/mol. The minimum Gasteiger partial charge on any atom is -0.294 e. The average molecular weight is 347 g/mol. The number of amides is 2. The van der Waals surface area contributed by atoms with Crippen molar-refractivity contribution in [3.05, 3.63) is 41.6 Å². The van der Waals surface area contributed by atoms with Gasteiger partial charge in [0.1, 0.15) is 5.65 Å². The third-order valence-corrected chi connectivity index (χ3v) is 5.70. The van der Waals surface area contributed by atoms with Gasteiger partial charge in [-0.3, -0.25) is 18.9 Å². The fourth-order valence-electron chi connectivity index (χ4n) is 2.37. The van der Waals surface area contributed by atoms with Gasteiger partial charge in [-0.2, -0.15) is 0 Å². The largest absolute Gasteiger partial charge is 0.294 e. The molecule has 120 valence electrons. The molecule has 1 fully saturated rings. The number of hydrogen-bond donors (Lipinski definition) is 0. The Kier molecular flexibility index (Phi) is 5.07. The SMILES string of the molecule is CC=C1SC(=O)N(CCCCSc2cccc3nccn23)C1=O. The van der Waals surface area contributed by atoms with Gasteiger partial charge in [0.05, 0.1) is 9.93 Å². The van der Waals surface area contributed by atoms with E-state index in [2.05, 4.69) is 15.5 Å². The molecule has 3 rings (SSSR count). The number of pyridine rings is 1. The van der Waals surface area contributed by atoms with Crippen LogP contribution in [0.4, 0.5) is 4.79 Å². The Morgan fingerprint density at radius 1 is 1.30 bits per heavy atom. The first-order chi connectivity index (χ1) is 11.2. The van der Waals surface area contributed by atoms with Crippen LogP contribution in [0.5, 0.6) is 0 Å². The highest BCUT2D eigenvalue weighted by Crippen LogP contribution is 2.30. The number of imidazole rings is 1. The molecule has 2 aromatic rings. The normalized spacial score (nSPS) is 16.9. The van der Waals surface area contributed by atoms with E-state index in [1.807, 2.05) is 18.3 Å². The Morgan fingerprint density at radius 2 is 2.17 bits per heavy atom. The monoisotopic (exact) mass is 347 g/mol. The highest BCUT2D eigenvalue weighted by molar-refractivity contribution is 8.18. The van der Waals surface area contributed by atoms with Gasteiger partial charge in [0.25, 0.3) is 11.1 Å². The smallest absolute Gasteiger partial charge is 0.293 e. The number of allylic oxidation sites excluding steroid dienone is 1. The molecule has 2 amide bonds. The van der Waals surface area contributed by atoms with E-state index in [-0.39, 0.29) is 11.1 Å². The van der Waals surface area contributed by atoms with Crippen LogP contribution in [0.2, 0.25) is 0 Å². The van der Waals surface area contributed by atoms with Crippen LogP contribution in [0.3, 0.4) is 0 Å². The van der Waals surface area contributed by atoms with E-state index >= 15 is 0 Å². The van der Waals surface area contributed by atoms with Crippen LogP contribution in [0.25, 0.3) is 5.65 Å². The Labute approximate surface area is 143 Å². The topological polar surface area (TPSA) is 54.7 Å². The van der Waals surface area contributed by atoms with Gasteiger partial charge in [0.15, 0.2) is 0 Å². The van der Waals surface area contributed by atoms with Gasteiger partial charge in [0, 0.05) is 18.9 Å². The van der Waals surface area contributed by atoms with E-state index in [9.17, 15) is 9.59 Å². The van der Waals surface area contributed by atoms with Gasteiger partial charge in [0.2, 0.25) is 0 Å². The van der Waals surface area contributed by atoms with Crippen LogP contribution < -0.4 is 0 Å². The molecule has 0 atom stereocenters. The van der Waals surface area contributed by atoms with E-state index in [4.69, 9.17) is 0 Å². The van der Waals surface area contributed by atoms with Crippen LogP contribution in [0.1, 0.15) is 19.8 Å². The lowest BCUT2D eigenvalue weighted by Crippen LogP contribution is -2.29. The number of unbranched alkanes of at least 4 members (excludes halogenated alkanes) is 1. The van der Waals surface area contributed by atoms with E-state index in [0.29, 0.717) is 11.4 Å². The van der Waals surface area contributed by atoms with Crippen molar-refractivity contribution in [2.24, 2.45) is 0 Å². The lowest BCUT2D eigenvalue weighted by molar-refractivity contribution is -0.122. The molecule has 23 heavy (non-hydrogen) atoms. The number of rotatable bonds is 6. The van der Waals surface area contributed by atoms with Crippen molar-refractivity contribution in [2.45, 2.75) is 24.8 Å². The standard InChI is InChI=1S/C16H17N3O2S2/c1-2-12-15(20)19(16(21)23-12)9-3-4-11-22-14-7-5-6-13-17-8-10-18(13)14/h2,5-8,10H,3-4,9,11H2,1H3. The Bertz CT molecular complexity index is 770. The van der Waals surface area contributed by atoms with Crippen molar-refractivity contribution in [1.29, 1.82) is 0 Å². The van der Waals surface area contributed by atoms with Crippen molar-refractivity contribution in [1.82, 2.24) is 14.3 Å². The number of nitrogens with zero attached hydrogens (tertiary/aromatic N) is 3. The van der Waals surface area contributed by atoms with Gasteiger partial charge >= 0.3 is 0 Å². The molecule has 1 aliphatic rings. The van der Waals surface area contributed by atoms with Gasteiger partial charge in [-0.25, -0.2) is 4.98 Å². The summed E-state index contributed by atoms with van der Waals surface area (Å²) in [5.41, 5.74) is 0.944. The summed E-state index contributed by atoms with van der Waals surface area (Å²) in [4.78, 5) is 29.9.